The average Bonchev–Trinajstić information content (AvgIpc) is 3.12. The normalized spacial score (nSPS) is 14.9. The zero-order valence-electron chi connectivity index (χ0n) is 16.7. The third-order valence-corrected chi connectivity index (χ3v) is 5.60. The zero-order valence-corrected chi connectivity index (χ0v) is 16.7. The Morgan fingerprint density at radius 1 is 1.03 bits per heavy atom. The molecule has 1 N–H and O–H groups in total. The minimum absolute atomic E-state index is 0.0390. The van der Waals surface area contributed by atoms with E-state index in [0.29, 0.717) is 32.5 Å². The van der Waals surface area contributed by atoms with Gasteiger partial charge in [-0.1, -0.05) is 37.3 Å². The van der Waals surface area contributed by atoms with Gasteiger partial charge in [0, 0.05) is 31.1 Å². The van der Waals surface area contributed by atoms with E-state index in [2.05, 4.69) is 17.2 Å². The molecule has 1 fully saturated rings. The third kappa shape index (κ3) is 4.16. The summed E-state index contributed by atoms with van der Waals surface area (Å²) in [5.41, 5.74) is 2.73. The molecule has 2 amide bonds. The molecule has 1 aliphatic rings. The number of imidazole rings is 1. The predicted octanol–water partition coefficient (Wildman–Crippen LogP) is 3.48. The Balaban J connectivity index is 1.37. The van der Waals surface area contributed by atoms with E-state index >= 15 is 0 Å². The molecule has 6 heteroatoms. The van der Waals surface area contributed by atoms with Gasteiger partial charge in [0.2, 0.25) is 11.8 Å². The van der Waals surface area contributed by atoms with E-state index in [1.807, 2.05) is 64.1 Å². The van der Waals surface area contributed by atoms with Crippen LogP contribution in [-0.2, 0) is 22.6 Å². The maximum absolute atomic E-state index is 12.9. The second kappa shape index (κ2) is 8.47. The summed E-state index contributed by atoms with van der Waals surface area (Å²) in [7, 11) is 0. The summed E-state index contributed by atoms with van der Waals surface area (Å²) in [6, 6.07) is 17.4. The summed E-state index contributed by atoms with van der Waals surface area (Å²) in [4.78, 5) is 31.9. The maximum Gasteiger partial charge on any atom is 0.242 e. The summed E-state index contributed by atoms with van der Waals surface area (Å²) in [5, 5.41) is 2.97. The molecule has 1 aromatic heterocycles. The van der Waals surface area contributed by atoms with Crippen molar-refractivity contribution in [1.82, 2.24) is 14.5 Å². The van der Waals surface area contributed by atoms with Gasteiger partial charge in [0.25, 0.3) is 0 Å². The van der Waals surface area contributed by atoms with Crippen molar-refractivity contribution in [3.8, 4) is 0 Å². The first kappa shape index (κ1) is 19.2. The molecule has 0 aliphatic carbocycles. The number of rotatable bonds is 5. The summed E-state index contributed by atoms with van der Waals surface area (Å²) >= 11 is 0. The fraction of sp³-hybridized carbons (Fsp3) is 0.348. The van der Waals surface area contributed by atoms with Gasteiger partial charge >= 0.3 is 0 Å². The van der Waals surface area contributed by atoms with Crippen LogP contribution in [0.3, 0.4) is 0 Å². The lowest BCUT2D eigenvalue weighted by Crippen LogP contribution is -2.42. The maximum atomic E-state index is 12.9. The molecular formula is C23H26N4O2. The van der Waals surface area contributed by atoms with Gasteiger partial charge in [0.1, 0.15) is 12.4 Å². The lowest BCUT2D eigenvalue weighted by Gasteiger charge is -2.31. The Morgan fingerprint density at radius 2 is 1.72 bits per heavy atom. The van der Waals surface area contributed by atoms with E-state index in [1.54, 1.807) is 0 Å². The standard InChI is InChI=1S/C23H26N4O2/c1-2-21-25-19-10-6-7-11-20(19)27(21)16-22(28)26-14-12-17(13-15-26)23(29)24-18-8-4-3-5-9-18/h3-11,17H,2,12-16H2,1H3,(H,24,29). The van der Waals surface area contributed by atoms with Gasteiger partial charge in [-0.05, 0) is 37.1 Å². The Morgan fingerprint density at radius 3 is 2.45 bits per heavy atom. The number of fused-ring (bicyclic) bond motifs is 1. The molecule has 2 heterocycles. The summed E-state index contributed by atoms with van der Waals surface area (Å²) in [6.07, 6.45) is 2.16. The van der Waals surface area contributed by atoms with Crippen LogP contribution < -0.4 is 5.32 Å². The van der Waals surface area contributed by atoms with Crippen LogP contribution in [0.4, 0.5) is 5.69 Å². The molecule has 1 aliphatic heterocycles. The van der Waals surface area contributed by atoms with Crippen LogP contribution in [0, 0.1) is 5.92 Å². The summed E-state index contributed by atoms with van der Waals surface area (Å²) < 4.78 is 2.02. The zero-order chi connectivity index (χ0) is 20.2. The molecule has 4 rings (SSSR count). The lowest BCUT2D eigenvalue weighted by atomic mass is 9.95. The monoisotopic (exact) mass is 390 g/mol. The fourth-order valence-corrected chi connectivity index (χ4v) is 3.96. The van der Waals surface area contributed by atoms with Crippen molar-refractivity contribution in [3.05, 3.63) is 60.4 Å². The van der Waals surface area contributed by atoms with Crippen LogP contribution in [0.15, 0.2) is 54.6 Å². The Labute approximate surface area is 170 Å². The number of carbonyl (C=O) groups excluding carboxylic acids is 2. The first-order valence-corrected chi connectivity index (χ1v) is 10.2. The smallest absolute Gasteiger partial charge is 0.242 e. The number of benzene rings is 2. The van der Waals surface area contributed by atoms with Crippen molar-refractivity contribution in [1.29, 1.82) is 0 Å². The number of nitrogens with zero attached hydrogens (tertiary/aromatic N) is 3. The predicted molar refractivity (Wildman–Crippen MR) is 113 cm³/mol. The summed E-state index contributed by atoms with van der Waals surface area (Å²) in [5.74, 6) is 0.998. The topological polar surface area (TPSA) is 67.2 Å². The van der Waals surface area contributed by atoms with Gasteiger partial charge in [0.05, 0.1) is 11.0 Å². The molecule has 6 nitrogen and oxygen atoms in total. The van der Waals surface area contributed by atoms with Crippen molar-refractivity contribution in [3.63, 3.8) is 0 Å². The van der Waals surface area contributed by atoms with E-state index in [1.165, 1.54) is 0 Å². The molecule has 0 radical (unpaired) electrons. The van der Waals surface area contributed by atoms with Crippen LogP contribution in [0.25, 0.3) is 11.0 Å². The minimum Gasteiger partial charge on any atom is -0.341 e. The second-order valence-electron chi connectivity index (χ2n) is 7.47. The van der Waals surface area contributed by atoms with E-state index in [0.717, 1.165) is 29.0 Å². The minimum atomic E-state index is -0.0560. The highest BCUT2D eigenvalue weighted by atomic mass is 16.2. The molecule has 0 bridgehead atoms. The van der Waals surface area contributed by atoms with Crippen molar-refractivity contribution >= 4 is 28.5 Å². The van der Waals surface area contributed by atoms with Crippen LogP contribution in [0.1, 0.15) is 25.6 Å². The number of piperidine rings is 1. The molecule has 0 spiro atoms. The molecule has 150 valence electrons. The highest BCUT2D eigenvalue weighted by molar-refractivity contribution is 5.92. The Bertz CT molecular complexity index is 1000. The molecule has 0 atom stereocenters. The van der Waals surface area contributed by atoms with Crippen LogP contribution in [0.5, 0.6) is 0 Å². The molecule has 2 aromatic carbocycles. The number of likely N-dealkylation sites (tertiary alicyclic amines) is 1. The van der Waals surface area contributed by atoms with E-state index in [4.69, 9.17) is 0 Å². The van der Waals surface area contributed by atoms with Gasteiger partial charge in [-0.2, -0.15) is 0 Å². The molecule has 29 heavy (non-hydrogen) atoms. The largest absolute Gasteiger partial charge is 0.341 e. The first-order chi connectivity index (χ1) is 14.2. The number of amides is 2. The van der Waals surface area contributed by atoms with Crippen LogP contribution in [0.2, 0.25) is 0 Å². The van der Waals surface area contributed by atoms with Crippen molar-refractivity contribution in [2.75, 3.05) is 18.4 Å². The molecule has 0 unspecified atom stereocenters. The number of anilines is 1. The Kier molecular flexibility index (Phi) is 5.60. The highest BCUT2D eigenvalue weighted by Gasteiger charge is 2.28. The number of nitrogens with one attached hydrogen (secondary N) is 1. The first-order valence-electron chi connectivity index (χ1n) is 10.2. The van der Waals surface area contributed by atoms with Crippen LogP contribution in [-0.4, -0.2) is 39.4 Å². The number of hydrogen-bond acceptors (Lipinski definition) is 3. The SMILES string of the molecule is CCc1nc2ccccc2n1CC(=O)N1CCC(C(=O)Nc2ccccc2)CC1. The second-order valence-corrected chi connectivity index (χ2v) is 7.47. The molecule has 0 saturated carbocycles. The number of carbonyl (C=O) groups is 2. The van der Waals surface area contributed by atoms with Gasteiger partial charge < -0.3 is 14.8 Å². The van der Waals surface area contributed by atoms with Crippen molar-refractivity contribution < 1.29 is 9.59 Å². The van der Waals surface area contributed by atoms with Crippen LogP contribution >= 0.6 is 0 Å². The van der Waals surface area contributed by atoms with E-state index in [9.17, 15) is 9.59 Å². The third-order valence-electron chi connectivity index (χ3n) is 5.60. The number of aryl methyl sites for hydroxylation is 1. The molecule has 3 aromatic rings. The average molecular weight is 390 g/mol. The fourth-order valence-electron chi connectivity index (χ4n) is 3.96. The van der Waals surface area contributed by atoms with E-state index in [-0.39, 0.29) is 17.7 Å². The highest BCUT2D eigenvalue weighted by Crippen LogP contribution is 2.21. The Hall–Kier alpha value is -3.15. The summed E-state index contributed by atoms with van der Waals surface area (Å²) in [6.45, 7) is 3.57. The van der Waals surface area contributed by atoms with Gasteiger partial charge in [-0.15, -0.1) is 0 Å². The lowest BCUT2D eigenvalue weighted by molar-refractivity contribution is -0.135. The van der Waals surface area contributed by atoms with Gasteiger partial charge in [-0.3, -0.25) is 9.59 Å². The van der Waals surface area contributed by atoms with Crippen molar-refractivity contribution in [2.45, 2.75) is 32.7 Å². The van der Waals surface area contributed by atoms with Gasteiger partial charge in [-0.25, -0.2) is 4.98 Å². The number of hydrogen-bond donors (Lipinski definition) is 1. The van der Waals surface area contributed by atoms with E-state index < -0.39 is 0 Å². The number of para-hydroxylation sites is 3. The van der Waals surface area contributed by atoms with Crippen molar-refractivity contribution in [2.24, 2.45) is 5.92 Å². The quantitative estimate of drug-likeness (QED) is 0.725. The van der Waals surface area contributed by atoms with Gasteiger partial charge in [0.15, 0.2) is 0 Å². The molecule has 1 saturated heterocycles. The molecular weight excluding hydrogens is 364 g/mol. The number of aromatic nitrogens is 2.